The summed E-state index contributed by atoms with van der Waals surface area (Å²) in [6.45, 7) is 3.63. The van der Waals surface area contributed by atoms with Gasteiger partial charge >= 0.3 is 0 Å². The van der Waals surface area contributed by atoms with Gasteiger partial charge in [-0.25, -0.2) is 0 Å². The summed E-state index contributed by atoms with van der Waals surface area (Å²) < 4.78 is 25.1. The zero-order chi connectivity index (χ0) is 19.6. The van der Waals surface area contributed by atoms with Crippen molar-refractivity contribution in [3.8, 4) is 0 Å². The van der Waals surface area contributed by atoms with E-state index in [1.165, 1.54) is 96.4 Å². The molecule has 0 rings (SSSR count). The molecule has 0 aromatic heterocycles. The summed E-state index contributed by atoms with van der Waals surface area (Å²) in [6.07, 6.45) is 20.4. The molecule has 154 valence electrons. The van der Waals surface area contributed by atoms with Crippen LogP contribution in [0.4, 0.5) is 0 Å². The van der Waals surface area contributed by atoms with Crippen LogP contribution in [-0.4, -0.2) is 45.5 Å². The largest absolute Gasteiger partial charge is 0.331 e. The lowest BCUT2D eigenvalue weighted by Gasteiger charge is -2.23. The fraction of sp³-hybridized carbons (Fsp3) is 1.00. The maximum absolute atomic E-state index is 9.11. The maximum Gasteiger partial charge on any atom is 0.263 e. The van der Waals surface area contributed by atoms with Crippen molar-refractivity contribution in [2.75, 3.05) is 27.7 Å². The van der Waals surface area contributed by atoms with Gasteiger partial charge in [-0.2, -0.15) is 4.21 Å². The molecule has 0 atom stereocenters. The molecule has 0 unspecified atom stereocenters. The number of hydrogen-bond donors (Lipinski definition) is 2. The van der Waals surface area contributed by atoms with Crippen LogP contribution < -0.4 is 0 Å². The Morgan fingerprint density at radius 3 is 1.16 bits per heavy atom. The first-order valence-corrected chi connectivity index (χ1v) is 12.5. The Balaban J connectivity index is 0. The third-order valence-corrected chi connectivity index (χ3v) is 4.18. The normalized spacial score (nSPS) is 11.9. The van der Waals surface area contributed by atoms with E-state index >= 15 is 0 Å². The van der Waals surface area contributed by atoms with E-state index in [9.17, 15) is 0 Å². The smallest absolute Gasteiger partial charge is 0.263 e. The average molecular weight is 399 g/mol. The van der Waals surface area contributed by atoms with Gasteiger partial charge in [-0.15, -0.1) is 0 Å². The molecule has 25 heavy (non-hydrogen) atoms. The first-order valence-electron chi connectivity index (χ1n) is 10.1. The van der Waals surface area contributed by atoms with E-state index in [2.05, 4.69) is 39.3 Å². The highest BCUT2D eigenvalue weighted by atomic mass is 32.9. The van der Waals surface area contributed by atoms with E-state index in [0.717, 1.165) is 4.48 Å². The molecule has 0 radical (unpaired) electrons. The van der Waals surface area contributed by atoms with Gasteiger partial charge in [-0.3, -0.25) is 9.11 Å². The predicted molar refractivity (Wildman–Crippen MR) is 114 cm³/mol. The Morgan fingerprint density at radius 2 is 0.920 bits per heavy atom. The summed E-state index contributed by atoms with van der Waals surface area (Å²) in [7, 11) is 3.05. The van der Waals surface area contributed by atoms with Crippen LogP contribution in [0.3, 0.4) is 0 Å². The van der Waals surface area contributed by atoms with Gasteiger partial charge in [0.25, 0.3) is 9.05 Å². The second-order valence-corrected chi connectivity index (χ2v) is 10.3. The quantitative estimate of drug-likeness (QED) is 0.268. The van der Waals surface area contributed by atoms with Crippen molar-refractivity contribution in [3.05, 3.63) is 0 Å². The summed E-state index contributed by atoms with van der Waals surface area (Å²) in [6, 6.07) is 0. The fourth-order valence-corrected chi connectivity index (χ4v) is 2.78. The topological polar surface area (TPSA) is 57.5 Å². The molecule has 0 heterocycles. The third-order valence-electron chi connectivity index (χ3n) is 4.18. The number of nitrogens with zero attached hydrogens (tertiary/aromatic N) is 1. The zero-order valence-corrected chi connectivity index (χ0v) is 18.8. The molecule has 4 nitrogen and oxygen atoms in total. The summed E-state index contributed by atoms with van der Waals surface area (Å²) in [5, 5.41) is 0. The minimum Gasteiger partial charge on any atom is -0.331 e. The SMILES string of the molecule is CCCCCCCCCCCCCCCC[N+](C)(C)C.O=S(O)(O)=S. The van der Waals surface area contributed by atoms with Gasteiger partial charge in [0.1, 0.15) is 0 Å². The molecular formula is C19H44NO3S2+. The van der Waals surface area contributed by atoms with Crippen molar-refractivity contribution in [1.29, 1.82) is 0 Å². The number of quaternary nitrogens is 1. The van der Waals surface area contributed by atoms with Crippen molar-refractivity contribution < 1.29 is 17.8 Å². The van der Waals surface area contributed by atoms with Crippen molar-refractivity contribution in [2.24, 2.45) is 0 Å². The van der Waals surface area contributed by atoms with E-state index in [1.54, 1.807) is 0 Å². The van der Waals surface area contributed by atoms with Crippen LogP contribution >= 0.6 is 0 Å². The van der Waals surface area contributed by atoms with Crippen LogP contribution in [0.25, 0.3) is 0 Å². The molecule has 0 fully saturated rings. The lowest BCUT2D eigenvalue weighted by atomic mass is 10.0. The predicted octanol–water partition coefficient (Wildman–Crippen LogP) is 5.85. The van der Waals surface area contributed by atoms with Gasteiger partial charge in [0.15, 0.2) is 0 Å². The second-order valence-electron chi connectivity index (χ2n) is 8.06. The highest BCUT2D eigenvalue weighted by Crippen LogP contribution is 2.13. The van der Waals surface area contributed by atoms with Crippen LogP contribution in [0.15, 0.2) is 0 Å². The Hall–Kier alpha value is 0.250. The molecule has 6 heteroatoms. The van der Waals surface area contributed by atoms with Gasteiger partial charge in [0.2, 0.25) is 0 Å². The Kier molecular flexibility index (Phi) is 19.4. The van der Waals surface area contributed by atoms with Gasteiger partial charge < -0.3 is 4.48 Å². The Morgan fingerprint density at radius 1 is 0.680 bits per heavy atom. The molecule has 0 aliphatic carbocycles. The monoisotopic (exact) mass is 398 g/mol. The lowest BCUT2D eigenvalue weighted by molar-refractivity contribution is -0.870. The number of rotatable bonds is 15. The molecule has 0 bridgehead atoms. The summed E-state index contributed by atoms with van der Waals surface area (Å²) in [5.41, 5.74) is 0. The molecule has 2 N–H and O–H groups in total. The van der Waals surface area contributed by atoms with Crippen molar-refractivity contribution in [3.63, 3.8) is 0 Å². The van der Waals surface area contributed by atoms with E-state index < -0.39 is 9.05 Å². The van der Waals surface area contributed by atoms with Crippen molar-refractivity contribution in [2.45, 2.75) is 96.8 Å². The first-order chi connectivity index (χ1) is 11.6. The molecule has 0 amide bonds. The van der Waals surface area contributed by atoms with Gasteiger partial charge in [0.05, 0.1) is 27.7 Å². The van der Waals surface area contributed by atoms with E-state index in [0.29, 0.717) is 0 Å². The molecule has 0 saturated heterocycles. The highest BCUT2D eigenvalue weighted by Gasteiger charge is 2.04. The van der Waals surface area contributed by atoms with E-state index in [1.807, 2.05) is 0 Å². The van der Waals surface area contributed by atoms with Crippen molar-refractivity contribution in [1.82, 2.24) is 0 Å². The van der Waals surface area contributed by atoms with E-state index in [-0.39, 0.29) is 0 Å². The van der Waals surface area contributed by atoms with Crippen LogP contribution in [0.1, 0.15) is 96.8 Å². The van der Waals surface area contributed by atoms with Crippen molar-refractivity contribution >= 4 is 20.2 Å². The van der Waals surface area contributed by atoms with Crippen LogP contribution in [0.2, 0.25) is 0 Å². The molecule has 0 saturated carbocycles. The van der Waals surface area contributed by atoms with Gasteiger partial charge in [-0.1, -0.05) is 84.0 Å². The van der Waals surface area contributed by atoms with E-state index in [4.69, 9.17) is 13.3 Å². The molecule has 0 aliphatic rings. The van der Waals surface area contributed by atoms with Crippen LogP contribution in [-0.2, 0) is 20.2 Å². The fourth-order valence-electron chi connectivity index (χ4n) is 2.78. The Labute approximate surface area is 162 Å². The molecular weight excluding hydrogens is 354 g/mol. The van der Waals surface area contributed by atoms with Gasteiger partial charge in [0, 0.05) is 11.2 Å². The molecule has 0 aliphatic heterocycles. The van der Waals surface area contributed by atoms with Crippen LogP contribution in [0.5, 0.6) is 0 Å². The standard InChI is InChI=1S/C19H42N.H2O3S2/c1-5-6-7-8-9-10-11-12-13-14-15-16-17-18-19-20(2,3)4;1-5(2,3)4/h5-19H2,1-4H3;(H2,1,2,3,4)/q+1;. The molecule has 0 aromatic rings. The number of hydrogen-bond acceptors (Lipinski definition) is 2. The summed E-state index contributed by atoms with van der Waals surface area (Å²) in [5.74, 6) is 0. The minimum atomic E-state index is -3.83. The highest BCUT2D eigenvalue weighted by molar-refractivity contribution is 8.26. The summed E-state index contributed by atoms with van der Waals surface area (Å²) in [4.78, 5) is 0. The third kappa shape index (κ3) is 40.3. The molecule has 0 aromatic carbocycles. The maximum atomic E-state index is 9.11. The molecule has 0 spiro atoms. The average Bonchev–Trinajstić information content (AvgIpc) is 2.45. The second kappa shape index (κ2) is 17.7. The lowest BCUT2D eigenvalue weighted by Crippen LogP contribution is -2.35. The Bertz CT molecular complexity index is 357. The summed E-state index contributed by atoms with van der Waals surface area (Å²) >= 11 is 3.47. The van der Waals surface area contributed by atoms with Crippen LogP contribution in [0, 0.1) is 0 Å². The minimum absolute atomic E-state index is 1.12. The number of unbranched alkanes of at least 4 members (excludes halogenated alkanes) is 13. The first kappa shape index (κ1) is 27.5. The van der Waals surface area contributed by atoms with Gasteiger partial charge in [-0.05, 0) is 12.8 Å². The zero-order valence-electron chi connectivity index (χ0n) is 17.2.